The minimum absolute atomic E-state index is 0.00805. The molecule has 3 N–H and O–H groups in total. The lowest BCUT2D eigenvalue weighted by molar-refractivity contribution is -0.190. The highest BCUT2D eigenvalue weighted by Crippen LogP contribution is 2.59. The molecule has 6 nitrogen and oxygen atoms in total. The van der Waals surface area contributed by atoms with E-state index in [-0.39, 0.29) is 17.9 Å². The van der Waals surface area contributed by atoms with E-state index >= 15 is 0 Å². The lowest BCUT2D eigenvalue weighted by Gasteiger charge is -2.65. The normalized spacial score (nSPS) is 37.2. The first kappa shape index (κ1) is 21.2. The van der Waals surface area contributed by atoms with Gasteiger partial charge in [0.1, 0.15) is 5.75 Å². The third-order valence-corrected chi connectivity index (χ3v) is 8.49. The van der Waals surface area contributed by atoms with E-state index in [1.54, 1.807) is 7.11 Å². The maximum absolute atomic E-state index is 12.5. The number of nitrogens with one attached hydrogen (secondary N) is 1. The van der Waals surface area contributed by atoms with Crippen molar-refractivity contribution in [2.24, 2.45) is 11.8 Å². The molecule has 0 spiro atoms. The summed E-state index contributed by atoms with van der Waals surface area (Å²) in [5.74, 6) is 1.32. The van der Waals surface area contributed by atoms with Gasteiger partial charge in [-0.05, 0) is 67.8 Å². The molecule has 1 aromatic carbocycles. The van der Waals surface area contributed by atoms with Gasteiger partial charge < -0.3 is 20.3 Å². The summed E-state index contributed by atoms with van der Waals surface area (Å²) in [5, 5.41) is 26.7. The van der Waals surface area contributed by atoms with Crippen LogP contribution in [-0.2, 0) is 16.6 Å². The largest absolute Gasteiger partial charge is 0.497 e. The second-order valence-corrected chi connectivity index (χ2v) is 10.7. The van der Waals surface area contributed by atoms with E-state index in [0.29, 0.717) is 12.8 Å². The molecule has 3 fully saturated rings. The van der Waals surface area contributed by atoms with Gasteiger partial charge in [-0.3, -0.25) is 9.69 Å². The molecular formula is C25H36N2O4. The number of aliphatic hydroxyl groups excluding tert-OH is 1. The molecule has 4 aliphatic rings. The van der Waals surface area contributed by atoms with Crippen LogP contribution in [0.1, 0.15) is 57.1 Å². The molecule has 31 heavy (non-hydrogen) atoms. The summed E-state index contributed by atoms with van der Waals surface area (Å²) in [6.07, 6.45) is 4.34. The number of carbonyl (C=O) groups excluding carboxylic acids is 1. The van der Waals surface area contributed by atoms with E-state index in [2.05, 4.69) is 22.3 Å². The van der Waals surface area contributed by atoms with Gasteiger partial charge in [-0.1, -0.05) is 19.9 Å². The molecule has 5 rings (SSSR count). The number of hydrogen-bond donors (Lipinski definition) is 3. The molecule has 1 saturated heterocycles. The Morgan fingerprint density at radius 2 is 2.10 bits per heavy atom. The van der Waals surface area contributed by atoms with Crippen molar-refractivity contribution >= 4 is 5.91 Å². The predicted molar refractivity (Wildman–Crippen MR) is 118 cm³/mol. The van der Waals surface area contributed by atoms with Gasteiger partial charge in [0.25, 0.3) is 0 Å². The standard InChI is InChI=1S/C25H36N2O4/c1-15(2)23(29)26-20-12-25(30)22-10-17-6-7-18(31-3)11-19(17)24(25,13-21(20)28)8-9-27(22)14-16-4-5-16/h6-7,11,15-16,20-22,28,30H,4-5,8-10,12-14H2,1-3H3,(H,26,29). The van der Waals surface area contributed by atoms with Gasteiger partial charge in [0.05, 0.1) is 24.9 Å². The van der Waals surface area contributed by atoms with Gasteiger partial charge in [-0.15, -0.1) is 0 Å². The lowest BCUT2D eigenvalue weighted by atomic mass is 9.48. The maximum atomic E-state index is 12.5. The second-order valence-electron chi connectivity index (χ2n) is 10.7. The lowest BCUT2D eigenvalue weighted by Crippen LogP contribution is -2.76. The molecule has 1 aliphatic heterocycles. The topological polar surface area (TPSA) is 82.0 Å². The monoisotopic (exact) mass is 428 g/mol. The van der Waals surface area contributed by atoms with Crippen molar-refractivity contribution in [3.8, 4) is 5.75 Å². The van der Waals surface area contributed by atoms with Crippen molar-refractivity contribution < 1.29 is 19.7 Å². The van der Waals surface area contributed by atoms with E-state index in [9.17, 15) is 15.0 Å². The molecule has 1 aromatic rings. The fourth-order valence-corrected chi connectivity index (χ4v) is 6.55. The van der Waals surface area contributed by atoms with Crippen LogP contribution in [0, 0.1) is 11.8 Å². The average molecular weight is 429 g/mol. The highest BCUT2D eigenvalue weighted by atomic mass is 16.5. The quantitative estimate of drug-likeness (QED) is 0.668. The van der Waals surface area contributed by atoms with Crippen molar-refractivity contribution in [1.29, 1.82) is 0 Å². The molecule has 3 aliphatic carbocycles. The molecule has 5 unspecified atom stereocenters. The molecule has 1 amide bonds. The Kier molecular flexibility index (Phi) is 5.11. The SMILES string of the molecule is COc1ccc2c(c1)C13CCN(CC4CC4)C(C2)C1(O)CC(NC(=O)C(C)C)C(O)C3. The van der Waals surface area contributed by atoms with Gasteiger partial charge in [-0.2, -0.15) is 0 Å². The van der Waals surface area contributed by atoms with Gasteiger partial charge in [-0.25, -0.2) is 0 Å². The van der Waals surface area contributed by atoms with E-state index in [0.717, 1.165) is 43.2 Å². The Morgan fingerprint density at radius 3 is 2.77 bits per heavy atom. The Balaban J connectivity index is 1.56. The minimum atomic E-state index is -0.992. The molecule has 0 radical (unpaired) electrons. The minimum Gasteiger partial charge on any atom is -0.497 e. The fourth-order valence-electron chi connectivity index (χ4n) is 6.55. The van der Waals surface area contributed by atoms with E-state index in [4.69, 9.17) is 4.74 Å². The summed E-state index contributed by atoms with van der Waals surface area (Å²) >= 11 is 0. The van der Waals surface area contributed by atoms with Gasteiger partial charge in [0.15, 0.2) is 0 Å². The summed E-state index contributed by atoms with van der Waals surface area (Å²) in [6.45, 7) is 5.70. The Hall–Kier alpha value is -1.63. The summed E-state index contributed by atoms with van der Waals surface area (Å²) in [5.41, 5.74) is 0.878. The highest BCUT2D eigenvalue weighted by Gasteiger charge is 2.66. The summed E-state index contributed by atoms with van der Waals surface area (Å²) in [4.78, 5) is 14.9. The number of ether oxygens (including phenoxy) is 1. The molecule has 5 atom stereocenters. The first-order chi connectivity index (χ1) is 14.8. The van der Waals surface area contributed by atoms with Crippen molar-refractivity contribution in [2.75, 3.05) is 20.2 Å². The first-order valence-corrected chi connectivity index (χ1v) is 11.9. The number of piperidine rings is 1. The molecule has 1 heterocycles. The number of carbonyl (C=O) groups is 1. The average Bonchev–Trinajstić information content (AvgIpc) is 3.55. The smallest absolute Gasteiger partial charge is 0.222 e. The predicted octanol–water partition coefficient (Wildman–Crippen LogP) is 2.00. The number of hydrogen-bond acceptors (Lipinski definition) is 5. The Bertz CT molecular complexity index is 869. The summed E-state index contributed by atoms with van der Waals surface area (Å²) < 4.78 is 5.52. The molecule has 6 heteroatoms. The Labute approximate surface area is 185 Å². The van der Waals surface area contributed by atoms with Gasteiger partial charge in [0, 0.05) is 30.3 Å². The fraction of sp³-hybridized carbons (Fsp3) is 0.720. The molecule has 2 saturated carbocycles. The number of nitrogens with zero attached hydrogens (tertiary/aromatic N) is 1. The number of benzene rings is 1. The summed E-state index contributed by atoms with van der Waals surface area (Å²) in [7, 11) is 1.67. The number of methoxy groups -OCH3 is 1. The number of amides is 1. The zero-order valence-electron chi connectivity index (χ0n) is 18.9. The molecular weight excluding hydrogens is 392 g/mol. The maximum Gasteiger partial charge on any atom is 0.222 e. The van der Waals surface area contributed by atoms with Crippen LogP contribution in [-0.4, -0.2) is 65.0 Å². The number of likely N-dealkylation sites (tertiary alicyclic amines) is 1. The molecule has 2 bridgehead atoms. The Morgan fingerprint density at radius 1 is 1.32 bits per heavy atom. The van der Waals surface area contributed by atoms with Crippen LogP contribution in [0.5, 0.6) is 5.75 Å². The van der Waals surface area contributed by atoms with Crippen LogP contribution < -0.4 is 10.1 Å². The van der Waals surface area contributed by atoms with Crippen LogP contribution in [0.3, 0.4) is 0 Å². The van der Waals surface area contributed by atoms with Crippen LogP contribution in [0.4, 0.5) is 0 Å². The number of rotatable bonds is 5. The van der Waals surface area contributed by atoms with E-state index in [1.807, 2.05) is 19.9 Å². The third kappa shape index (κ3) is 3.30. The van der Waals surface area contributed by atoms with Gasteiger partial charge >= 0.3 is 0 Å². The third-order valence-electron chi connectivity index (χ3n) is 8.49. The van der Waals surface area contributed by atoms with Crippen LogP contribution in [0.15, 0.2) is 18.2 Å². The first-order valence-electron chi connectivity index (χ1n) is 11.9. The van der Waals surface area contributed by atoms with E-state index < -0.39 is 23.2 Å². The van der Waals surface area contributed by atoms with Gasteiger partial charge in [0.2, 0.25) is 5.91 Å². The van der Waals surface area contributed by atoms with Crippen LogP contribution in [0.2, 0.25) is 0 Å². The van der Waals surface area contributed by atoms with Crippen molar-refractivity contribution in [3.63, 3.8) is 0 Å². The van der Waals surface area contributed by atoms with Crippen molar-refractivity contribution in [2.45, 2.75) is 81.6 Å². The van der Waals surface area contributed by atoms with Crippen LogP contribution in [0.25, 0.3) is 0 Å². The van der Waals surface area contributed by atoms with Crippen molar-refractivity contribution in [3.05, 3.63) is 29.3 Å². The molecule has 170 valence electrons. The zero-order chi connectivity index (χ0) is 22.0. The van der Waals surface area contributed by atoms with Crippen LogP contribution >= 0.6 is 0 Å². The highest BCUT2D eigenvalue weighted by molar-refractivity contribution is 5.78. The van der Waals surface area contributed by atoms with Crippen molar-refractivity contribution in [1.82, 2.24) is 10.2 Å². The molecule has 0 aromatic heterocycles. The van der Waals surface area contributed by atoms with E-state index in [1.165, 1.54) is 18.4 Å². The summed E-state index contributed by atoms with van der Waals surface area (Å²) in [6, 6.07) is 5.80. The number of aliphatic hydroxyl groups is 2. The zero-order valence-corrected chi connectivity index (χ0v) is 18.9. The second kappa shape index (κ2) is 7.46. The number of fused-ring (bicyclic) bond motifs is 1.